The van der Waals surface area contributed by atoms with Crippen molar-refractivity contribution in [2.24, 2.45) is 11.3 Å². The number of aliphatic carboxylic acids is 1. The van der Waals surface area contributed by atoms with Gasteiger partial charge in [-0.05, 0) is 51.4 Å². The quantitative estimate of drug-likeness (QED) is 0.785. The lowest BCUT2D eigenvalue weighted by atomic mass is 9.57. The second-order valence-corrected chi connectivity index (χ2v) is 6.13. The van der Waals surface area contributed by atoms with Crippen molar-refractivity contribution < 1.29 is 14.7 Å². The van der Waals surface area contributed by atoms with Crippen molar-refractivity contribution in [1.82, 2.24) is 5.32 Å². The minimum atomic E-state index is -0.640. The van der Waals surface area contributed by atoms with Crippen molar-refractivity contribution in [2.45, 2.75) is 56.9 Å². The van der Waals surface area contributed by atoms with Crippen LogP contribution >= 0.6 is 0 Å². The Balaban J connectivity index is 1.68. The van der Waals surface area contributed by atoms with E-state index in [1.54, 1.807) is 0 Å². The van der Waals surface area contributed by atoms with Crippen LogP contribution in [0.25, 0.3) is 0 Å². The lowest BCUT2D eigenvalue weighted by Crippen LogP contribution is -2.58. The molecule has 4 heteroatoms. The molecule has 4 nitrogen and oxygen atoms in total. The number of amides is 1. The van der Waals surface area contributed by atoms with Crippen molar-refractivity contribution in [3.63, 3.8) is 0 Å². The highest BCUT2D eigenvalue weighted by Gasteiger charge is 2.53. The third-order valence-corrected chi connectivity index (χ3v) is 5.04. The van der Waals surface area contributed by atoms with Crippen LogP contribution in [0.2, 0.25) is 0 Å². The van der Waals surface area contributed by atoms with Crippen LogP contribution in [0.15, 0.2) is 0 Å². The molecule has 0 radical (unpaired) electrons. The molecule has 0 aromatic carbocycles. The smallest absolute Gasteiger partial charge is 0.309 e. The molecular formula is C13H19NO3. The molecular weight excluding hydrogens is 218 g/mol. The molecule has 17 heavy (non-hydrogen) atoms. The van der Waals surface area contributed by atoms with Gasteiger partial charge in [0.25, 0.3) is 0 Å². The van der Waals surface area contributed by atoms with Gasteiger partial charge >= 0.3 is 5.97 Å². The summed E-state index contributed by atoms with van der Waals surface area (Å²) in [4.78, 5) is 23.1. The summed E-state index contributed by atoms with van der Waals surface area (Å²) in [5, 5.41) is 12.5. The van der Waals surface area contributed by atoms with Crippen molar-refractivity contribution in [1.29, 1.82) is 0 Å². The molecule has 0 aromatic heterocycles. The molecule has 0 atom stereocenters. The summed E-state index contributed by atoms with van der Waals surface area (Å²) in [5.74, 6) is -0.188. The fourth-order valence-electron chi connectivity index (χ4n) is 3.40. The van der Waals surface area contributed by atoms with Gasteiger partial charge in [-0.1, -0.05) is 0 Å². The van der Waals surface area contributed by atoms with E-state index >= 15 is 0 Å². The molecule has 0 spiro atoms. The lowest BCUT2D eigenvalue weighted by molar-refractivity contribution is -0.157. The van der Waals surface area contributed by atoms with E-state index in [1.807, 2.05) is 0 Å². The van der Waals surface area contributed by atoms with E-state index in [-0.39, 0.29) is 17.4 Å². The Morgan fingerprint density at radius 1 is 1.00 bits per heavy atom. The van der Waals surface area contributed by atoms with Crippen molar-refractivity contribution in [3.8, 4) is 0 Å². The van der Waals surface area contributed by atoms with Gasteiger partial charge in [0.15, 0.2) is 0 Å². The Labute approximate surface area is 101 Å². The molecule has 2 N–H and O–H groups in total. The second kappa shape index (κ2) is 3.47. The molecule has 2 bridgehead atoms. The maximum absolute atomic E-state index is 11.8. The van der Waals surface area contributed by atoms with E-state index in [2.05, 4.69) is 5.32 Å². The van der Waals surface area contributed by atoms with Crippen LogP contribution in [0.1, 0.15) is 51.4 Å². The van der Waals surface area contributed by atoms with Gasteiger partial charge < -0.3 is 10.4 Å². The molecule has 4 aliphatic rings. The van der Waals surface area contributed by atoms with E-state index in [4.69, 9.17) is 0 Å². The van der Waals surface area contributed by atoms with Gasteiger partial charge in [0.05, 0.1) is 5.41 Å². The van der Waals surface area contributed by atoms with Crippen LogP contribution in [0.5, 0.6) is 0 Å². The summed E-state index contributed by atoms with van der Waals surface area (Å²) in [5.41, 5.74) is -0.553. The van der Waals surface area contributed by atoms with Gasteiger partial charge in [-0.25, -0.2) is 0 Å². The van der Waals surface area contributed by atoms with Gasteiger partial charge in [-0.2, -0.15) is 0 Å². The number of hydrogen-bond donors (Lipinski definition) is 2. The first-order chi connectivity index (χ1) is 8.05. The van der Waals surface area contributed by atoms with Crippen molar-refractivity contribution in [3.05, 3.63) is 0 Å². The van der Waals surface area contributed by atoms with Crippen molar-refractivity contribution >= 4 is 11.9 Å². The summed E-state index contributed by atoms with van der Waals surface area (Å²) in [6.07, 6.45) is 6.78. The Kier molecular flexibility index (Phi) is 2.25. The number of carbonyl (C=O) groups excluding carboxylic acids is 1. The monoisotopic (exact) mass is 237 g/mol. The standard InChI is InChI=1S/C13H19NO3/c15-10(9-1-2-9)14-13-6-3-12(4-7-13,5-8-13)11(16)17/h9H,1-8H2,(H,14,15)(H,16,17). The molecule has 4 saturated carbocycles. The average Bonchev–Trinajstić information content (AvgIpc) is 3.14. The SMILES string of the molecule is O=C(NC12CCC(C(=O)O)(CC1)CC2)C1CC1. The number of hydrogen-bond acceptors (Lipinski definition) is 2. The maximum Gasteiger partial charge on any atom is 0.309 e. The lowest BCUT2D eigenvalue weighted by Gasteiger charge is -2.51. The first-order valence-electron chi connectivity index (χ1n) is 6.61. The number of rotatable bonds is 3. The summed E-state index contributed by atoms with van der Waals surface area (Å²) in [6, 6.07) is 0. The highest BCUT2D eigenvalue weighted by Crippen LogP contribution is 2.52. The molecule has 1 amide bonds. The van der Waals surface area contributed by atoms with E-state index in [9.17, 15) is 14.7 Å². The topological polar surface area (TPSA) is 66.4 Å². The van der Waals surface area contributed by atoms with Crippen LogP contribution in [-0.2, 0) is 9.59 Å². The minimum absolute atomic E-state index is 0.0725. The van der Waals surface area contributed by atoms with Crippen LogP contribution < -0.4 is 5.32 Å². The van der Waals surface area contributed by atoms with E-state index < -0.39 is 11.4 Å². The van der Waals surface area contributed by atoms with E-state index in [0.29, 0.717) is 0 Å². The fraction of sp³-hybridized carbons (Fsp3) is 0.846. The zero-order chi connectivity index (χ0) is 12.1. The number of carboxylic acids is 1. The number of carboxylic acid groups (broad SMARTS) is 1. The van der Waals surface area contributed by atoms with Crippen LogP contribution in [0.3, 0.4) is 0 Å². The molecule has 0 unspecified atom stereocenters. The third-order valence-electron chi connectivity index (χ3n) is 5.04. The van der Waals surface area contributed by atoms with Gasteiger partial charge in [-0.3, -0.25) is 9.59 Å². The van der Waals surface area contributed by atoms with Gasteiger partial charge in [0.2, 0.25) is 5.91 Å². The summed E-state index contributed by atoms with van der Waals surface area (Å²) in [6.45, 7) is 0. The van der Waals surface area contributed by atoms with Crippen LogP contribution in [0.4, 0.5) is 0 Å². The highest BCUT2D eigenvalue weighted by atomic mass is 16.4. The molecule has 0 aliphatic heterocycles. The van der Waals surface area contributed by atoms with Gasteiger partial charge in [-0.15, -0.1) is 0 Å². The first-order valence-corrected chi connectivity index (χ1v) is 6.61. The predicted octanol–water partition coefficient (Wildman–Crippen LogP) is 1.69. The normalized spacial score (nSPS) is 40.0. The third kappa shape index (κ3) is 1.74. The molecule has 0 heterocycles. The minimum Gasteiger partial charge on any atom is -0.481 e. The molecule has 4 rings (SSSR count). The Hall–Kier alpha value is -1.06. The van der Waals surface area contributed by atoms with E-state index in [1.165, 1.54) is 0 Å². The van der Waals surface area contributed by atoms with Crippen LogP contribution in [-0.4, -0.2) is 22.5 Å². The second-order valence-electron chi connectivity index (χ2n) is 6.13. The predicted molar refractivity (Wildman–Crippen MR) is 61.4 cm³/mol. The Bertz CT molecular complexity index is 348. The first kappa shape index (κ1) is 11.1. The largest absolute Gasteiger partial charge is 0.481 e. The highest BCUT2D eigenvalue weighted by molar-refractivity contribution is 5.82. The van der Waals surface area contributed by atoms with E-state index in [0.717, 1.165) is 51.4 Å². The molecule has 4 aliphatic carbocycles. The van der Waals surface area contributed by atoms with Gasteiger partial charge in [0.1, 0.15) is 0 Å². The zero-order valence-electron chi connectivity index (χ0n) is 10.00. The van der Waals surface area contributed by atoms with Gasteiger partial charge in [0, 0.05) is 11.5 Å². The average molecular weight is 237 g/mol. The summed E-state index contributed by atoms with van der Waals surface area (Å²) >= 11 is 0. The van der Waals surface area contributed by atoms with Crippen LogP contribution in [0, 0.1) is 11.3 Å². The number of nitrogens with one attached hydrogen (secondary N) is 1. The molecule has 4 fully saturated rings. The maximum atomic E-state index is 11.8. The zero-order valence-corrected chi connectivity index (χ0v) is 10.00. The Morgan fingerprint density at radius 2 is 1.53 bits per heavy atom. The summed E-state index contributed by atoms with van der Waals surface area (Å²) < 4.78 is 0. The Morgan fingerprint density at radius 3 is 1.94 bits per heavy atom. The fourth-order valence-corrected chi connectivity index (χ4v) is 3.40. The molecule has 0 aromatic rings. The summed E-state index contributed by atoms with van der Waals surface area (Å²) in [7, 11) is 0. The number of fused-ring (bicyclic) bond motifs is 3. The number of carbonyl (C=O) groups is 2. The molecule has 94 valence electrons. The molecule has 0 saturated heterocycles. The van der Waals surface area contributed by atoms with Crippen molar-refractivity contribution in [2.75, 3.05) is 0 Å².